The minimum atomic E-state index is 0.0672. The fraction of sp³-hybridized carbons (Fsp3) is 0.467. The lowest BCUT2D eigenvalue weighted by Gasteiger charge is -2.42. The predicted molar refractivity (Wildman–Crippen MR) is 159 cm³/mol. The number of piperazine rings is 1. The molecule has 0 radical (unpaired) electrons. The minimum Gasteiger partial charge on any atom is -0.494 e. The molecule has 0 bridgehead atoms. The zero-order valence-corrected chi connectivity index (χ0v) is 23.5. The number of likely N-dealkylation sites (N-methyl/N-ethyl adjacent to an activating group) is 1. The number of methoxy groups -OCH3 is 1. The van der Waals surface area contributed by atoms with Crippen LogP contribution in [0.4, 0.5) is 29.0 Å². The molecule has 212 valence electrons. The van der Waals surface area contributed by atoms with E-state index >= 15 is 0 Å². The monoisotopic (exact) mass is 544 g/mol. The van der Waals surface area contributed by atoms with Gasteiger partial charge in [0.15, 0.2) is 5.82 Å². The molecule has 6 rings (SSSR count). The van der Waals surface area contributed by atoms with Crippen LogP contribution in [0.3, 0.4) is 0 Å². The van der Waals surface area contributed by atoms with Gasteiger partial charge in [-0.15, -0.1) is 0 Å². The van der Waals surface area contributed by atoms with Gasteiger partial charge in [-0.3, -0.25) is 9.74 Å². The van der Waals surface area contributed by atoms with Crippen LogP contribution in [-0.4, -0.2) is 85.8 Å². The Morgan fingerprint density at radius 2 is 1.70 bits per heavy atom. The number of hydrogen-bond acceptors (Lipinski definition) is 10. The summed E-state index contributed by atoms with van der Waals surface area (Å²) in [7, 11) is 3.92. The third-order valence-corrected chi connectivity index (χ3v) is 8.38. The zero-order valence-electron chi connectivity index (χ0n) is 23.5. The van der Waals surface area contributed by atoms with E-state index in [2.05, 4.69) is 67.4 Å². The van der Waals surface area contributed by atoms with Crippen LogP contribution in [0.25, 0.3) is 0 Å². The van der Waals surface area contributed by atoms with E-state index < -0.39 is 0 Å². The maximum atomic E-state index is 6.14. The maximum Gasteiger partial charge on any atom is 0.224 e. The van der Waals surface area contributed by atoms with Gasteiger partial charge in [-0.25, -0.2) is 5.06 Å². The van der Waals surface area contributed by atoms with Gasteiger partial charge in [0.2, 0.25) is 5.95 Å². The first kappa shape index (κ1) is 26.6. The summed E-state index contributed by atoms with van der Waals surface area (Å²) in [5.41, 5.74) is 9.32. The second-order valence-corrected chi connectivity index (χ2v) is 10.9. The molecule has 3 aromatic rings. The molecule has 0 amide bonds. The number of aromatic nitrogens is 2. The van der Waals surface area contributed by atoms with Gasteiger partial charge in [0, 0.05) is 69.6 Å². The van der Waals surface area contributed by atoms with Crippen LogP contribution >= 0.6 is 0 Å². The molecule has 2 aromatic carbocycles. The Labute approximate surface area is 236 Å². The Morgan fingerprint density at radius 1 is 0.925 bits per heavy atom. The van der Waals surface area contributed by atoms with E-state index in [9.17, 15) is 0 Å². The molecule has 4 heterocycles. The summed E-state index contributed by atoms with van der Waals surface area (Å²) in [6.07, 6.45) is 3.26. The third-order valence-electron chi connectivity index (χ3n) is 8.38. The van der Waals surface area contributed by atoms with Gasteiger partial charge in [0.1, 0.15) is 11.6 Å². The number of ether oxygens (including phenoxy) is 1. The SMILES string of the molecule is COc1cc(N2CCC(N3CCN(C)CC3)CC2)ccc1Nc1cc(N2OCC[C@@H]2c2ccccc2)nc(N)n1. The quantitative estimate of drug-likeness (QED) is 0.456. The molecule has 10 heteroatoms. The highest BCUT2D eigenvalue weighted by molar-refractivity contribution is 5.70. The number of hydroxylamine groups is 1. The average Bonchev–Trinajstić information content (AvgIpc) is 3.48. The fourth-order valence-corrected chi connectivity index (χ4v) is 6.10. The summed E-state index contributed by atoms with van der Waals surface area (Å²) in [6, 6.07) is 19.3. The lowest BCUT2D eigenvalue weighted by atomic mass is 10.0. The molecular weight excluding hydrogens is 504 g/mol. The standard InChI is InChI=1S/C30H40N8O2/c1-35-15-17-37(18-16-35)23-10-13-36(14-11-23)24-8-9-25(27(20-24)39-2)32-28-21-29(34-30(31)33-28)38-26(12-19-40-38)22-6-4-3-5-7-22/h3-9,20-21,23,26H,10-19H2,1-2H3,(H3,31,32,33,34)/t26-/m1/s1. The first-order valence-corrected chi connectivity index (χ1v) is 14.3. The second kappa shape index (κ2) is 11.9. The highest BCUT2D eigenvalue weighted by atomic mass is 16.7. The van der Waals surface area contributed by atoms with Crippen molar-refractivity contribution in [3.05, 3.63) is 60.2 Å². The Bertz CT molecular complexity index is 1280. The number of nitrogens with one attached hydrogen (secondary N) is 1. The summed E-state index contributed by atoms with van der Waals surface area (Å²) < 4.78 is 5.80. The van der Waals surface area contributed by atoms with Crippen LogP contribution in [-0.2, 0) is 4.84 Å². The van der Waals surface area contributed by atoms with E-state index in [1.54, 1.807) is 7.11 Å². The van der Waals surface area contributed by atoms with Crippen LogP contribution < -0.4 is 25.8 Å². The number of hydrogen-bond donors (Lipinski definition) is 2. The van der Waals surface area contributed by atoms with Crippen molar-refractivity contribution < 1.29 is 9.57 Å². The molecule has 10 nitrogen and oxygen atoms in total. The van der Waals surface area contributed by atoms with E-state index in [1.165, 1.54) is 50.3 Å². The van der Waals surface area contributed by atoms with Crippen molar-refractivity contribution in [2.45, 2.75) is 31.3 Å². The summed E-state index contributed by atoms with van der Waals surface area (Å²) in [4.78, 5) is 22.5. The molecule has 3 saturated heterocycles. The van der Waals surface area contributed by atoms with Crippen LogP contribution in [0.5, 0.6) is 5.75 Å². The predicted octanol–water partition coefficient (Wildman–Crippen LogP) is 3.91. The van der Waals surface area contributed by atoms with Crippen LogP contribution in [0.2, 0.25) is 0 Å². The van der Waals surface area contributed by atoms with Crippen LogP contribution in [0.1, 0.15) is 30.9 Å². The lowest BCUT2D eigenvalue weighted by Crippen LogP contribution is -2.52. The Hall–Kier alpha value is -3.60. The van der Waals surface area contributed by atoms with E-state index in [4.69, 9.17) is 15.3 Å². The molecule has 3 fully saturated rings. The van der Waals surface area contributed by atoms with Gasteiger partial charge in [-0.05, 0) is 37.6 Å². The summed E-state index contributed by atoms with van der Waals surface area (Å²) >= 11 is 0. The zero-order chi connectivity index (χ0) is 27.5. The van der Waals surface area contributed by atoms with Crippen molar-refractivity contribution in [2.24, 2.45) is 0 Å². The number of rotatable bonds is 7. The third kappa shape index (κ3) is 5.79. The Kier molecular flexibility index (Phi) is 7.90. The molecule has 0 saturated carbocycles. The summed E-state index contributed by atoms with van der Waals surface area (Å²) in [6.45, 7) is 7.43. The first-order valence-electron chi connectivity index (χ1n) is 14.3. The smallest absolute Gasteiger partial charge is 0.224 e. The van der Waals surface area contributed by atoms with Gasteiger partial charge >= 0.3 is 0 Å². The second-order valence-electron chi connectivity index (χ2n) is 10.9. The highest BCUT2D eigenvalue weighted by Gasteiger charge is 2.30. The van der Waals surface area contributed by atoms with Gasteiger partial charge in [-0.2, -0.15) is 9.97 Å². The van der Waals surface area contributed by atoms with Crippen LogP contribution in [0, 0.1) is 0 Å². The Balaban J connectivity index is 1.14. The summed E-state index contributed by atoms with van der Waals surface area (Å²) in [5.74, 6) is 2.15. The largest absolute Gasteiger partial charge is 0.494 e. The highest BCUT2D eigenvalue weighted by Crippen LogP contribution is 2.37. The van der Waals surface area contributed by atoms with Crippen molar-refractivity contribution in [1.29, 1.82) is 0 Å². The van der Waals surface area contributed by atoms with Gasteiger partial charge in [-0.1, -0.05) is 30.3 Å². The van der Waals surface area contributed by atoms with E-state index in [-0.39, 0.29) is 12.0 Å². The summed E-state index contributed by atoms with van der Waals surface area (Å²) in [5, 5.41) is 5.24. The molecule has 1 aromatic heterocycles. The number of anilines is 5. The average molecular weight is 545 g/mol. The molecular formula is C30H40N8O2. The number of benzene rings is 2. The van der Waals surface area contributed by atoms with Crippen molar-refractivity contribution in [1.82, 2.24) is 19.8 Å². The molecule has 40 heavy (non-hydrogen) atoms. The van der Waals surface area contributed by atoms with Crippen molar-refractivity contribution in [3.63, 3.8) is 0 Å². The molecule has 0 unspecified atom stereocenters. The van der Waals surface area contributed by atoms with E-state index in [1.807, 2.05) is 29.3 Å². The fourth-order valence-electron chi connectivity index (χ4n) is 6.10. The van der Waals surface area contributed by atoms with E-state index in [0.717, 1.165) is 30.9 Å². The maximum absolute atomic E-state index is 6.14. The van der Waals surface area contributed by atoms with E-state index in [0.29, 0.717) is 24.3 Å². The van der Waals surface area contributed by atoms with Crippen molar-refractivity contribution >= 4 is 29.0 Å². The van der Waals surface area contributed by atoms with Gasteiger partial charge in [0.05, 0.1) is 25.4 Å². The molecule has 0 aliphatic carbocycles. The van der Waals surface area contributed by atoms with Gasteiger partial charge < -0.3 is 25.6 Å². The van der Waals surface area contributed by atoms with Crippen molar-refractivity contribution in [3.8, 4) is 5.75 Å². The molecule has 0 spiro atoms. The number of nitrogen functional groups attached to an aromatic ring is 1. The number of piperidine rings is 1. The first-order chi connectivity index (χ1) is 19.6. The number of nitrogens with zero attached hydrogens (tertiary/aromatic N) is 6. The van der Waals surface area contributed by atoms with Crippen LogP contribution in [0.15, 0.2) is 54.6 Å². The molecule has 1 atom stereocenters. The van der Waals surface area contributed by atoms with Gasteiger partial charge in [0.25, 0.3) is 0 Å². The lowest BCUT2D eigenvalue weighted by molar-refractivity contribution is 0.0982. The molecule has 3 aliphatic rings. The molecule has 3 aliphatic heterocycles. The Morgan fingerprint density at radius 3 is 2.45 bits per heavy atom. The van der Waals surface area contributed by atoms with Crippen molar-refractivity contribution in [2.75, 3.05) is 81.0 Å². The number of nitrogens with two attached hydrogens (primary N) is 1. The minimum absolute atomic E-state index is 0.0672. The normalized spacial score (nSPS) is 21.1. The molecule has 3 N–H and O–H groups in total. The topological polar surface area (TPSA) is 95.2 Å².